The molecular formula is C19H18N4O4. The van der Waals surface area contributed by atoms with E-state index in [1.54, 1.807) is 6.07 Å². The van der Waals surface area contributed by atoms with Crippen LogP contribution in [0.1, 0.15) is 11.1 Å². The molecule has 0 aliphatic heterocycles. The van der Waals surface area contributed by atoms with E-state index in [1.165, 1.54) is 31.5 Å². The van der Waals surface area contributed by atoms with Crippen molar-refractivity contribution in [3.05, 3.63) is 69.4 Å². The molecule has 8 nitrogen and oxygen atoms in total. The number of hydrogen-bond acceptors (Lipinski definition) is 6. The van der Waals surface area contributed by atoms with Gasteiger partial charge in [-0.05, 0) is 31.5 Å². The molecule has 0 heterocycles. The average Bonchev–Trinajstić information content (AvgIpc) is 2.64. The zero-order valence-corrected chi connectivity index (χ0v) is 15.1. The van der Waals surface area contributed by atoms with Crippen LogP contribution in [0.3, 0.4) is 0 Å². The summed E-state index contributed by atoms with van der Waals surface area (Å²) in [6.07, 6.45) is 1.22. The van der Waals surface area contributed by atoms with Crippen molar-refractivity contribution in [1.82, 2.24) is 0 Å². The first-order chi connectivity index (χ1) is 12.8. The number of aryl methyl sites for hydroxylation is 2. The summed E-state index contributed by atoms with van der Waals surface area (Å²) in [6.45, 7) is 3.80. The predicted octanol–water partition coefficient (Wildman–Crippen LogP) is 3.68. The molecule has 8 heteroatoms. The molecule has 1 amide bonds. The van der Waals surface area contributed by atoms with E-state index in [0.717, 1.165) is 11.1 Å². The Kier molecular flexibility index (Phi) is 6.12. The van der Waals surface area contributed by atoms with Gasteiger partial charge in [0.15, 0.2) is 0 Å². The predicted molar refractivity (Wildman–Crippen MR) is 102 cm³/mol. The third-order valence-corrected chi connectivity index (χ3v) is 3.76. The molecule has 0 fully saturated rings. The number of hydrogen-bond donors (Lipinski definition) is 2. The van der Waals surface area contributed by atoms with Crippen molar-refractivity contribution < 1.29 is 14.5 Å². The number of nitrogens with zero attached hydrogens (tertiary/aromatic N) is 2. The minimum Gasteiger partial charge on any atom is -0.494 e. The van der Waals surface area contributed by atoms with Crippen LogP contribution in [0.25, 0.3) is 0 Å². The normalized spacial score (nSPS) is 10.7. The fraction of sp³-hybridized carbons (Fsp3) is 0.158. The van der Waals surface area contributed by atoms with Crippen molar-refractivity contribution >= 4 is 23.0 Å². The fourth-order valence-electron chi connectivity index (χ4n) is 2.35. The zero-order chi connectivity index (χ0) is 20.0. The van der Waals surface area contributed by atoms with E-state index in [2.05, 4.69) is 10.6 Å². The van der Waals surface area contributed by atoms with Crippen LogP contribution in [0.5, 0.6) is 5.75 Å². The molecule has 0 aliphatic rings. The topological polar surface area (TPSA) is 117 Å². The number of anilines is 2. The first-order valence-electron chi connectivity index (χ1n) is 7.93. The Hall–Kier alpha value is -3.86. The molecule has 0 saturated carbocycles. The molecule has 0 radical (unpaired) electrons. The van der Waals surface area contributed by atoms with E-state index in [-0.39, 0.29) is 17.0 Å². The third-order valence-electron chi connectivity index (χ3n) is 3.76. The van der Waals surface area contributed by atoms with Gasteiger partial charge in [0.25, 0.3) is 11.6 Å². The number of methoxy groups -OCH3 is 1. The lowest BCUT2D eigenvalue weighted by atomic mass is 10.1. The lowest BCUT2D eigenvalue weighted by Crippen LogP contribution is -2.15. The summed E-state index contributed by atoms with van der Waals surface area (Å²) in [4.78, 5) is 22.6. The zero-order valence-electron chi connectivity index (χ0n) is 15.1. The summed E-state index contributed by atoms with van der Waals surface area (Å²) < 4.78 is 5.11. The Labute approximate surface area is 156 Å². The number of nitriles is 1. The lowest BCUT2D eigenvalue weighted by Gasteiger charge is -2.10. The van der Waals surface area contributed by atoms with Gasteiger partial charge in [-0.1, -0.05) is 17.7 Å². The van der Waals surface area contributed by atoms with Gasteiger partial charge in [-0.2, -0.15) is 5.26 Å². The molecular weight excluding hydrogens is 348 g/mol. The molecule has 0 bridgehead atoms. The maximum absolute atomic E-state index is 12.3. The molecule has 0 atom stereocenters. The first-order valence-corrected chi connectivity index (χ1v) is 7.93. The molecule has 0 spiro atoms. The number of nitro benzene ring substituents is 1. The van der Waals surface area contributed by atoms with E-state index in [1.807, 2.05) is 32.0 Å². The van der Waals surface area contributed by atoms with Gasteiger partial charge < -0.3 is 15.4 Å². The molecule has 27 heavy (non-hydrogen) atoms. The number of non-ortho nitro benzene ring substituents is 1. The molecule has 2 N–H and O–H groups in total. The molecule has 2 aromatic rings. The van der Waals surface area contributed by atoms with Crippen molar-refractivity contribution in [3.8, 4) is 11.8 Å². The highest BCUT2D eigenvalue weighted by Gasteiger charge is 2.13. The number of nitrogens with one attached hydrogen (secondary N) is 2. The van der Waals surface area contributed by atoms with E-state index in [4.69, 9.17) is 4.74 Å². The van der Waals surface area contributed by atoms with Gasteiger partial charge in [0.05, 0.1) is 23.8 Å². The number of nitro groups is 1. The van der Waals surface area contributed by atoms with Crippen LogP contribution >= 0.6 is 0 Å². The van der Waals surface area contributed by atoms with Crippen LogP contribution in [0.4, 0.5) is 17.1 Å². The highest BCUT2D eigenvalue weighted by atomic mass is 16.6. The molecule has 138 valence electrons. The van der Waals surface area contributed by atoms with Crippen LogP contribution in [0.15, 0.2) is 48.2 Å². The maximum atomic E-state index is 12.3. The summed E-state index contributed by atoms with van der Waals surface area (Å²) in [5, 5.41) is 25.6. The van der Waals surface area contributed by atoms with Crippen molar-refractivity contribution in [2.75, 3.05) is 17.7 Å². The summed E-state index contributed by atoms with van der Waals surface area (Å²) in [6, 6.07) is 11.4. The molecule has 2 aromatic carbocycles. The maximum Gasteiger partial charge on any atom is 0.273 e. The molecule has 0 unspecified atom stereocenters. The highest BCUT2D eigenvalue weighted by Crippen LogP contribution is 2.29. The number of amides is 1. The van der Waals surface area contributed by atoms with Crippen molar-refractivity contribution in [3.63, 3.8) is 0 Å². The Morgan fingerprint density at radius 2 is 1.93 bits per heavy atom. The summed E-state index contributed by atoms with van der Waals surface area (Å²) >= 11 is 0. The lowest BCUT2D eigenvalue weighted by molar-refractivity contribution is -0.384. The Morgan fingerprint density at radius 1 is 1.22 bits per heavy atom. The van der Waals surface area contributed by atoms with Crippen LogP contribution < -0.4 is 15.4 Å². The van der Waals surface area contributed by atoms with E-state index in [0.29, 0.717) is 11.4 Å². The SMILES string of the molecule is COc1cc([N+](=O)[O-])ccc1N/C=C(/C#N)C(=O)Nc1ccc(C)cc1C. The van der Waals surface area contributed by atoms with Crippen LogP contribution in [0, 0.1) is 35.3 Å². The van der Waals surface area contributed by atoms with Gasteiger partial charge in [0.1, 0.15) is 17.4 Å². The smallest absolute Gasteiger partial charge is 0.273 e. The fourth-order valence-corrected chi connectivity index (χ4v) is 2.35. The second-order valence-corrected chi connectivity index (χ2v) is 5.73. The Morgan fingerprint density at radius 3 is 2.52 bits per heavy atom. The van der Waals surface area contributed by atoms with Crippen LogP contribution in [0.2, 0.25) is 0 Å². The number of benzene rings is 2. The monoisotopic (exact) mass is 366 g/mol. The largest absolute Gasteiger partial charge is 0.494 e. The minimum absolute atomic E-state index is 0.130. The minimum atomic E-state index is -0.571. The summed E-state index contributed by atoms with van der Waals surface area (Å²) in [5.74, 6) is -0.356. The number of ether oxygens (including phenoxy) is 1. The van der Waals surface area contributed by atoms with E-state index < -0.39 is 10.8 Å². The molecule has 2 rings (SSSR count). The number of carbonyl (C=O) groups is 1. The summed E-state index contributed by atoms with van der Waals surface area (Å²) in [5.41, 5.74) is 2.65. The van der Waals surface area contributed by atoms with Gasteiger partial charge in [-0.15, -0.1) is 0 Å². The van der Waals surface area contributed by atoms with Gasteiger partial charge in [0.2, 0.25) is 0 Å². The number of rotatable bonds is 6. The standard InChI is InChI=1S/C19H18N4O4/c1-12-4-6-16(13(2)8-12)22-19(24)14(10-20)11-21-17-7-5-15(23(25)26)9-18(17)27-3/h4-9,11,21H,1-3H3,(H,22,24)/b14-11-. The molecule has 0 saturated heterocycles. The Bertz CT molecular complexity index is 961. The van der Waals surface area contributed by atoms with Crippen molar-refractivity contribution in [1.29, 1.82) is 5.26 Å². The highest BCUT2D eigenvalue weighted by molar-refractivity contribution is 6.07. The molecule has 0 aromatic heterocycles. The van der Waals surface area contributed by atoms with Gasteiger partial charge >= 0.3 is 0 Å². The van der Waals surface area contributed by atoms with Gasteiger partial charge in [-0.25, -0.2) is 0 Å². The van der Waals surface area contributed by atoms with Gasteiger partial charge in [-0.3, -0.25) is 14.9 Å². The molecule has 0 aliphatic carbocycles. The first kappa shape index (κ1) is 19.5. The van der Waals surface area contributed by atoms with Gasteiger partial charge in [0, 0.05) is 18.0 Å². The second-order valence-electron chi connectivity index (χ2n) is 5.73. The summed E-state index contributed by atoms with van der Waals surface area (Å²) in [7, 11) is 1.37. The van der Waals surface area contributed by atoms with Crippen LogP contribution in [-0.4, -0.2) is 17.9 Å². The second kappa shape index (κ2) is 8.49. The van der Waals surface area contributed by atoms with Crippen molar-refractivity contribution in [2.45, 2.75) is 13.8 Å². The Balaban J connectivity index is 2.20. The average molecular weight is 366 g/mol. The van der Waals surface area contributed by atoms with Crippen molar-refractivity contribution in [2.24, 2.45) is 0 Å². The quantitative estimate of drug-likeness (QED) is 0.348. The third kappa shape index (κ3) is 4.83. The van der Waals surface area contributed by atoms with Crippen LogP contribution in [-0.2, 0) is 4.79 Å². The van der Waals surface area contributed by atoms with E-state index >= 15 is 0 Å². The number of carbonyl (C=O) groups excluding carboxylic acids is 1. The van der Waals surface area contributed by atoms with E-state index in [9.17, 15) is 20.2 Å².